The van der Waals surface area contributed by atoms with E-state index in [9.17, 15) is 0 Å². The van der Waals surface area contributed by atoms with Crippen molar-refractivity contribution in [1.82, 2.24) is 0 Å². The first-order valence-electron chi connectivity index (χ1n) is 12.5. The molecule has 1 heterocycles. The van der Waals surface area contributed by atoms with Crippen molar-refractivity contribution in [2.24, 2.45) is 0 Å². The summed E-state index contributed by atoms with van der Waals surface area (Å²) in [5, 5.41) is 2.47. The van der Waals surface area contributed by atoms with E-state index in [1.54, 1.807) is 5.67 Å². The Balaban J connectivity index is -0.000000468. The van der Waals surface area contributed by atoms with Crippen molar-refractivity contribution in [3.05, 3.63) is 0 Å². The van der Waals surface area contributed by atoms with E-state index >= 15 is 0 Å². The molecule has 0 spiro atoms. The summed E-state index contributed by atoms with van der Waals surface area (Å²) in [6.45, 7) is 49.1. The van der Waals surface area contributed by atoms with Crippen molar-refractivity contribution in [1.29, 1.82) is 0 Å². The van der Waals surface area contributed by atoms with Gasteiger partial charge in [0.05, 0.1) is 0 Å². The maximum Gasteiger partial charge on any atom is 0.0470 e. The van der Waals surface area contributed by atoms with Gasteiger partial charge in [-0.1, -0.05) is 141 Å². The average molecular weight is 604 g/mol. The zero-order chi connectivity index (χ0) is 26.0. The molecule has 190 valence electrons. The second-order valence-electron chi connectivity index (χ2n) is 15.4. The molecule has 0 amide bonds. The molecular weight excluding hydrogens is 541 g/mol. The largest absolute Gasteiger partial charge is 0.0732 e. The molecule has 1 aliphatic rings. The van der Waals surface area contributed by atoms with E-state index in [-0.39, 0.29) is 50.9 Å². The molecule has 0 unspecified atom stereocenters. The van der Waals surface area contributed by atoms with Crippen LogP contribution in [0.15, 0.2) is 0 Å². The topological polar surface area (TPSA) is 0 Å². The third-order valence-electron chi connectivity index (χ3n) is 8.85. The van der Waals surface area contributed by atoms with E-state index in [0.29, 0.717) is 20.2 Å². The Labute approximate surface area is 226 Å². The Morgan fingerprint density at radius 1 is 0.500 bits per heavy atom. The third-order valence-corrected chi connectivity index (χ3v) is 65.8. The molecule has 7 heteroatoms. The van der Waals surface area contributed by atoms with Crippen molar-refractivity contribution in [2.75, 3.05) is 0 Å². The molecule has 1 fully saturated rings. The van der Waals surface area contributed by atoms with Gasteiger partial charge in [-0.25, -0.2) is 0 Å². The summed E-state index contributed by atoms with van der Waals surface area (Å²) in [5.41, 5.74) is 1.75. The first kappa shape index (κ1) is 38.4. The van der Waals surface area contributed by atoms with Crippen LogP contribution in [0, 0.1) is 0 Å². The molecule has 0 bridgehead atoms. The van der Waals surface area contributed by atoms with Gasteiger partial charge in [0.1, 0.15) is 0 Å². The fraction of sp³-hybridized carbons (Fsp3) is 1.00. The van der Waals surface area contributed by atoms with Crippen molar-refractivity contribution < 1.29 is 0 Å². The van der Waals surface area contributed by atoms with Gasteiger partial charge in [-0.2, -0.15) is 0 Å². The van der Waals surface area contributed by atoms with E-state index in [2.05, 4.69) is 135 Å². The molecule has 0 aliphatic carbocycles. The first-order valence-corrected chi connectivity index (χ1v) is 29.9. The van der Waals surface area contributed by atoms with Crippen molar-refractivity contribution in [2.45, 2.75) is 161 Å². The second-order valence-corrected chi connectivity index (χ2v) is 53.0. The van der Waals surface area contributed by atoms with E-state index in [1.807, 2.05) is 0 Å². The van der Waals surface area contributed by atoms with Crippen LogP contribution in [0.3, 0.4) is 0 Å². The summed E-state index contributed by atoms with van der Waals surface area (Å²) < 4.78 is 0. The molecule has 8 radical (unpaired) electrons. The number of hydrogen-bond donors (Lipinski definition) is 0. The molecule has 0 nitrogen and oxygen atoms in total. The first-order chi connectivity index (χ1) is 13.1. The molecule has 0 N–H and O–H groups in total. The normalized spacial score (nSPS) is 16.7. The monoisotopic (exact) mass is 604 g/mol. The molecule has 1 aliphatic heterocycles. The van der Waals surface area contributed by atoms with Gasteiger partial charge in [0.15, 0.2) is 0 Å². The van der Waals surface area contributed by atoms with Gasteiger partial charge in [0, 0.05) is 66.0 Å². The second kappa shape index (κ2) is 12.9. The average Bonchev–Trinajstić information content (AvgIpc) is 3.25. The summed E-state index contributed by atoms with van der Waals surface area (Å²) >= 11 is 0. The smallest absolute Gasteiger partial charge is 0.0470 e. The molecule has 32 heavy (non-hydrogen) atoms. The van der Waals surface area contributed by atoms with E-state index in [4.69, 9.17) is 0 Å². The summed E-state index contributed by atoms with van der Waals surface area (Å²) in [4.78, 5) is 0. The fourth-order valence-corrected chi connectivity index (χ4v) is 74.8. The minimum atomic E-state index is -0.941. The fourth-order valence-electron chi connectivity index (χ4n) is 2.23. The maximum atomic E-state index is 2.70. The van der Waals surface area contributed by atoms with Gasteiger partial charge >= 0.3 is 0 Å². The Kier molecular flexibility index (Phi) is 15.5. The minimum absolute atomic E-state index is 0. The van der Waals surface area contributed by atoms with Crippen LogP contribution in [0.25, 0.3) is 0 Å². The minimum Gasteiger partial charge on any atom is -0.0732 e. The summed E-state index contributed by atoms with van der Waals surface area (Å²) in [6, 6.07) is 0. The van der Waals surface area contributed by atoms with Gasteiger partial charge in [0.25, 0.3) is 0 Å². The molecule has 1 rings (SSSR count). The molecule has 0 saturated carbocycles. The van der Waals surface area contributed by atoms with Crippen molar-refractivity contribution in [3.63, 3.8) is 0 Å². The zero-order valence-corrected chi connectivity index (χ0v) is 34.3. The van der Waals surface area contributed by atoms with E-state index < -0.39 is 15.2 Å². The van der Waals surface area contributed by atoms with Crippen LogP contribution < -0.4 is 0 Å². The molecule has 0 aromatic heterocycles. The van der Waals surface area contributed by atoms with Crippen LogP contribution >= 0.6 is 0 Å². The van der Waals surface area contributed by atoms with Gasteiger partial charge in [-0.05, 0) is 20.2 Å². The maximum absolute atomic E-state index is 2.70. The number of rotatable bonds is 2. The van der Waals surface area contributed by atoms with Crippen molar-refractivity contribution in [3.8, 4) is 0 Å². The third kappa shape index (κ3) is 12.2. The quantitative estimate of drug-likeness (QED) is 0.276. The van der Waals surface area contributed by atoms with Crippen LogP contribution in [0.1, 0.15) is 83.1 Å². The molecule has 1 saturated heterocycles. The van der Waals surface area contributed by atoms with Crippen LogP contribution in [-0.4, -0.2) is 66.0 Å². The van der Waals surface area contributed by atoms with Gasteiger partial charge in [-0.15, -0.1) is 0 Å². The van der Waals surface area contributed by atoms with Crippen LogP contribution in [0.2, 0.25) is 78.2 Å². The zero-order valence-electron chi connectivity index (χ0n) is 26.2. The SMILES string of the molecule is CC(C)(C)[Si](C)(C)[Si]1C[Si]1[Si](C)(C)C(C)(C)C.C[Si](C)C(C)(C)C.C[Si](C)C(C)(C)C.[Ge]. The molecular formula is C25H62GeSi6. The summed E-state index contributed by atoms with van der Waals surface area (Å²) in [5.74, 6) is 0. The van der Waals surface area contributed by atoms with Crippen LogP contribution in [-0.2, 0) is 0 Å². The molecule has 0 aromatic rings. The van der Waals surface area contributed by atoms with E-state index in [1.165, 1.54) is 0 Å². The van der Waals surface area contributed by atoms with Gasteiger partial charge in [-0.3, -0.25) is 0 Å². The predicted molar refractivity (Wildman–Crippen MR) is 171 cm³/mol. The molecule has 0 atom stereocenters. The Morgan fingerprint density at radius 3 is 0.750 bits per heavy atom. The van der Waals surface area contributed by atoms with Crippen molar-refractivity contribution >= 4 is 66.0 Å². The number of hydrogen-bond acceptors (Lipinski definition) is 0. The Hall–Kier alpha value is 1.84. The van der Waals surface area contributed by atoms with Gasteiger partial charge in [0.2, 0.25) is 0 Å². The molecule has 0 aromatic carbocycles. The Morgan fingerprint density at radius 2 is 0.656 bits per heavy atom. The van der Waals surface area contributed by atoms with E-state index in [0.717, 1.165) is 0 Å². The standard InChI is InChI=1S/C13H32Si4.2C6H15Si.Ge/c1-12(2,3)16(7,8)14-11-15(14)17(9,10)13(4,5)6;2*1-6(2,3)7(4)5;/h11H2,1-10H3;2*1-5H3;. The predicted octanol–water partition coefficient (Wildman–Crippen LogP) is 9.48. The van der Waals surface area contributed by atoms with Gasteiger partial charge < -0.3 is 0 Å². The summed E-state index contributed by atoms with van der Waals surface area (Å²) in [7, 11) is -1.77. The summed E-state index contributed by atoms with van der Waals surface area (Å²) in [6.07, 6.45) is 0. The van der Waals surface area contributed by atoms with Crippen LogP contribution in [0.5, 0.6) is 0 Å². The van der Waals surface area contributed by atoms with Crippen LogP contribution in [0.4, 0.5) is 0 Å². The Bertz CT molecular complexity index is 481.